The molecule has 0 radical (unpaired) electrons. The van der Waals surface area contributed by atoms with Crippen LogP contribution < -0.4 is 0 Å². The van der Waals surface area contributed by atoms with Gasteiger partial charge in [0.1, 0.15) is 0 Å². The number of aliphatic hydroxyl groups is 1. The second kappa shape index (κ2) is 7.08. The first kappa shape index (κ1) is 16.0. The summed E-state index contributed by atoms with van der Waals surface area (Å²) in [4.78, 5) is 0.304. The summed E-state index contributed by atoms with van der Waals surface area (Å²) >= 11 is 0. The van der Waals surface area contributed by atoms with E-state index in [4.69, 9.17) is 5.11 Å². The van der Waals surface area contributed by atoms with E-state index in [1.807, 2.05) is 6.92 Å². The number of sulfonamides is 1. The third-order valence-electron chi connectivity index (χ3n) is 3.31. The van der Waals surface area contributed by atoms with Crippen molar-refractivity contribution in [2.24, 2.45) is 0 Å². The van der Waals surface area contributed by atoms with Gasteiger partial charge < -0.3 is 5.11 Å². The van der Waals surface area contributed by atoms with Gasteiger partial charge in [0.25, 0.3) is 0 Å². The van der Waals surface area contributed by atoms with E-state index >= 15 is 0 Å². The number of hydrogen-bond donors (Lipinski definition) is 1. The molecule has 0 bridgehead atoms. The van der Waals surface area contributed by atoms with E-state index in [9.17, 15) is 8.42 Å². The first-order valence-electron chi connectivity index (χ1n) is 7.31. The van der Waals surface area contributed by atoms with E-state index in [2.05, 4.69) is 11.8 Å². The lowest BCUT2D eigenvalue weighted by atomic mass is 10.2. The molecule has 1 aliphatic carbocycles. The highest BCUT2D eigenvalue weighted by Crippen LogP contribution is 2.32. The summed E-state index contributed by atoms with van der Waals surface area (Å²) in [6.07, 6.45) is 3.11. The Labute approximate surface area is 126 Å². The summed E-state index contributed by atoms with van der Waals surface area (Å²) in [5.74, 6) is 5.69. The van der Waals surface area contributed by atoms with E-state index in [0.717, 1.165) is 19.3 Å². The Balaban J connectivity index is 2.27. The third-order valence-corrected chi connectivity index (χ3v) is 5.26. The maximum atomic E-state index is 12.7. The van der Waals surface area contributed by atoms with Gasteiger partial charge in [0.2, 0.25) is 10.0 Å². The standard InChI is InChI=1S/C16H21NO3S/c1-2-11-17(15-9-10-15)21(19,20)16-8-5-7-14(13-16)6-3-4-12-18/h5,7-8,13,15,18H,2,4,9-12H2,1H3. The van der Waals surface area contributed by atoms with Crippen LogP contribution in [0.2, 0.25) is 0 Å². The van der Waals surface area contributed by atoms with Crippen molar-refractivity contribution in [3.05, 3.63) is 29.8 Å². The summed E-state index contributed by atoms with van der Waals surface area (Å²) in [6, 6.07) is 6.90. The molecule has 0 heterocycles. The minimum atomic E-state index is -3.44. The Kier molecular flexibility index (Phi) is 5.40. The Hall–Kier alpha value is -1.35. The number of benzene rings is 1. The van der Waals surface area contributed by atoms with Crippen LogP contribution in [-0.4, -0.2) is 37.0 Å². The predicted octanol–water partition coefficient (Wildman–Crippen LogP) is 1.98. The van der Waals surface area contributed by atoms with E-state index < -0.39 is 10.0 Å². The second-order valence-corrected chi connectivity index (χ2v) is 7.04. The number of nitrogens with zero attached hydrogens (tertiary/aromatic N) is 1. The molecule has 1 aliphatic rings. The minimum Gasteiger partial charge on any atom is -0.395 e. The predicted molar refractivity (Wildman–Crippen MR) is 82.2 cm³/mol. The summed E-state index contributed by atoms with van der Waals surface area (Å²) < 4.78 is 27.1. The summed E-state index contributed by atoms with van der Waals surface area (Å²) in [6.45, 7) is 2.56. The average molecular weight is 307 g/mol. The van der Waals surface area contributed by atoms with Crippen LogP contribution in [-0.2, 0) is 10.0 Å². The van der Waals surface area contributed by atoms with Crippen LogP contribution in [0.1, 0.15) is 38.2 Å². The monoisotopic (exact) mass is 307 g/mol. The first-order valence-corrected chi connectivity index (χ1v) is 8.75. The maximum Gasteiger partial charge on any atom is 0.243 e. The lowest BCUT2D eigenvalue weighted by molar-refractivity contribution is 0.305. The van der Waals surface area contributed by atoms with E-state index in [1.54, 1.807) is 28.6 Å². The summed E-state index contributed by atoms with van der Waals surface area (Å²) in [5.41, 5.74) is 0.664. The maximum absolute atomic E-state index is 12.7. The van der Waals surface area contributed by atoms with E-state index in [0.29, 0.717) is 23.4 Å². The molecule has 0 atom stereocenters. The van der Waals surface area contributed by atoms with Gasteiger partial charge in [-0.2, -0.15) is 4.31 Å². The Morgan fingerprint density at radius 2 is 2.14 bits per heavy atom. The molecule has 1 aromatic carbocycles. The van der Waals surface area contributed by atoms with Crippen molar-refractivity contribution in [2.75, 3.05) is 13.2 Å². The van der Waals surface area contributed by atoms with Crippen LogP contribution in [0.15, 0.2) is 29.2 Å². The highest BCUT2D eigenvalue weighted by molar-refractivity contribution is 7.89. The molecule has 4 nitrogen and oxygen atoms in total. The number of hydrogen-bond acceptors (Lipinski definition) is 3. The van der Waals surface area contributed by atoms with Crippen LogP contribution in [0, 0.1) is 11.8 Å². The van der Waals surface area contributed by atoms with E-state index in [-0.39, 0.29) is 12.6 Å². The molecule has 0 spiro atoms. The molecule has 0 amide bonds. The molecular weight excluding hydrogens is 286 g/mol. The largest absolute Gasteiger partial charge is 0.395 e. The Bertz CT molecular complexity index is 639. The van der Waals surface area contributed by atoms with Gasteiger partial charge in [-0.25, -0.2) is 8.42 Å². The van der Waals surface area contributed by atoms with Crippen molar-refractivity contribution in [3.8, 4) is 11.8 Å². The van der Waals surface area contributed by atoms with Gasteiger partial charge in [0, 0.05) is 24.6 Å². The molecule has 1 N–H and O–H groups in total. The van der Waals surface area contributed by atoms with Gasteiger partial charge in [-0.05, 0) is 37.5 Å². The molecular formula is C16H21NO3S. The Morgan fingerprint density at radius 3 is 2.76 bits per heavy atom. The molecule has 1 aromatic rings. The fourth-order valence-corrected chi connectivity index (χ4v) is 4.00. The van der Waals surface area contributed by atoms with Gasteiger partial charge in [-0.15, -0.1) is 0 Å². The van der Waals surface area contributed by atoms with Crippen molar-refractivity contribution in [1.29, 1.82) is 0 Å². The highest BCUT2D eigenvalue weighted by atomic mass is 32.2. The minimum absolute atomic E-state index is 0.0109. The molecule has 0 aromatic heterocycles. The lowest BCUT2D eigenvalue weighted by Gasteiger charge is -2.21. The SMILES string of the molecule is CCCN(C1CC1)S(=O)(=O)c1cccc(C#CCCO)c1. The zero-order chi connectivity index (χ0) is 15.3. The smallest absolute Gasteiger partial charge is 0.243 e. The highest BCUT2D eigenvalue weighted by Gasteiger charge is 2.37. The van der Waals surface area contributed by atoms with Crippen LogP contribution >= 0.6 is 0 Å². The van der Waals surface area contributed by atoms with Crippen molar-refractivity contribution in [2.45, 2.75) is 43.5 Å². The second-order valence-electron chi connectivity index (χ2n) is 5.15. The fraction of sp³-hybridized carbons (Fsp3) is 0.500. The normalized spacial score (nSPS) is 14.8. The molecule has 5 heteroatoms. The van der Waals surface area contributed by atoms with Crippen molar-refractivity contribution >= 4 is 10.0 Å². The van der Waals surface area contributed by atoms with Crippen LogP contribution in [0.4, 0.5) is 0 Å². The van der Waals surface area contributed by atoms with Gasteiger partial charge in [-0.1, -0.05) is 24.8 Å². The number of rotatable bonds is 6. The topological polar surface area (TPSA) is 57.6 Å². The van der Waals surface area contributed by atoms with E-state index in [1.165, 1.54) is 0 Å². The molecule has 1 fully saturated rings. The van der Waals surface area contributed by atoms with Crippen LogP contribution in [0.3, 0.4) is 0 Å². The molecule has 2 rings (SSSR count). The van der Waals surface area contributed by atoms with Crippen molar-refractivity contribution < 1.29 is 13.5 Å². The average Bonchev–Trinajstić information content (AvgIpc) is 3.30. The zero-order valence-electron chi connectivity index (χ0n) is 12.2. The first-order chi connectivity index (χ1) is 10.1. The molecule has 0 saturated heterocycles. The van der Waals surface area contributed by atoms with Gasteiger partial charge in [0.05, 0.1) is 11.5 Å². The quantitative estimate of drug-likeness (QED) is 0.818. The summed E-state index contributed by atoms with van der Waals surface area (Å²) in [7, 11) is -3.44. The molecule has 21 heavy (non-hydrogen) atoms. The summed E-state index contributed by atoms with van der Waals surface area (Å²) in [5, 5.41) is 8.72. The fourth-order valence-electron chi connectivity index (χ4n) is 2.17. The van der Waals surface area contributed by atoms with Gasteiger partial charge >= 0.3 is 0 Å². The molecule has 0 unspecified atom stereocenters. The lowest BCUT2D eigenvalue weighted by Crippen LogP contribution is -2.33. The third kappa shape index (κ3) is 4.07. The Morgan fingerprint density at radius 1 is 1.38 bits per heavy atom. The number of aliphatic hydroxyl groups excluding tert-OH is 1. The molecule has 0 aliphatic heterocycles. The van der Waals surface area contributed by atoms with Crippen LogP contribution in [0.25, 0.3) is 0 Å². The van der Waals surface area contributed by atoms with Crippen molar-refractivity contribution in [3.63, 3.8) is 0 Å². The van der Waals surface area contributed by atoms with Crippen LogP contribution in [0.5, 0.6) is 0 Å². The van der Waals surface area contributed by atoms with Gasteiger partial charge in [-0.3, -0.25) is 0 Å². The zero-order valence-corrected chi connectivity index (χ0v) is 13.1. The molecule has 1 saturated carbocycles. The van der Waals surface area contributed by atoms with Crippen molar-refractivity contribution in [1.82, 2.24) is 4.31 Å². The van der Waals surface area contributed by atoms with Gasteiger partial charge in [0.15, 0.2) is 0 Å². The molecule has 114 valence electrons.